The van der Waals surface area contributed by atoms with Crippen LogP contribution in [0.25, 0.3) is 39.6 Å². The van der Waals surface area contributed by atoms with Crippen LogP contribution in [0.15, 0.2) is 75.7 Å². The number of phenolic OH excluding ortho intramolecular Hbond substituents is 1. The number of imidazole rings is 1. The minimum absolute atomic E-state index is 0.0261. The van der Waals surface area contributed by atoms with Gasteiger partial charge in [-0.3, -0.25) is 4.79 Å². The highest BCUT2D eigenvalue weighted by molar-refractivity contribution is 5.96. The lowest BCUT2D eigenvalue weighted by atomic mass is 10.1. The summed E-state index contributed by atoms with van der Waals surface area (Å²) in [6.45, 7) is 4.25. The Morgan fingerprint density at radius 3 is 2.65 bits per heavy atom. The Hall–Kier alpha value is -5.25. The molecule has 2 N–H and O–H groups in total. The number of aliphatic imine (C=N–C) groups is 1. The zero-order valence-electron chi connectivity index (χ0n) is 21.8. The number of allylic oxidation sites excluding steroid dienone is 1. The molecule has 0 saturated heterocycles. The van der Waals surface area contributed by atoms with Gasteiger partial charge in [-0.25, -0.2) is 19.5 Å². The van der Waals surface area contributed by atoms with Crippen molar-refractivity contribution in [3.63, 3.8) is 0 Å². The molecule has 1 aliphatic heterocycles. The second kappa shape index (κ2) is 9.81. The number of carboxylic acid groups (broad SMARTS) is 1. The minimum Gasteiger partial charge on any atom is -0.507 e. The number of aromatic nitrogens is 4. The zero-order chi connectivity index (χ0) is 28.0. The van der Waals surface area contributed by atoms with E-state index < -0.39 is 5.97 Å². The van der Waals surface area contributed by atoms with Gasteiger partial charge in [-0.05, 0) is 73.5 Å². The molecule has 10 heteroatoms. The number of carbonyl (C=O) groups is 2. The van der Waals surface area contributed by atoms with Crippen molar-refractivity contribution >= 4 is 29.1 Å². The smallest absolute Gasteiger partial charge is 0.335 e. The van der Waals surface area contributed by atoms with Crippen LogP contribution >= 0.6 is 0 Å². The molecule has 3 aromatic heterocycles. The second-order valence-electron chi connectivity index (χ2n) is 9.56. The van der Waals surface area contributed by atoms with Crippen LogP contribution in [0.2, 0.25) is 0 Å². The largest absolute Gasteiger partial charge is 0.507 e. The highest BCUT2D eigenvalue weighted by Crippen LogP contribution is 2.34. The summed E-state index contributed by atoms with van der Waals surface area (Å²) in [5.74, 6) is 0.450. The van der Waals surface area contributed by atoms with E-state index in [1.54, 1.807) is 6.08 Å². The number of nitrogens with zero attached hydrogens (tertiary/aromatic N) is 5. The van der Waals surface area contributed by atoms with Crippen molar-refractivity contribution < 1.29 is 24.2 Å². The summed E-state index contributed by atoms with van der Waals surface area (Å²) in [7, 11) is 0. The van der Waals surface area contributed by atoms with Crippen molar-refractivity contribution in [1.29, 1.82) is 0 Å². The molecule has 5 aromatic rings. The van der Waals surface area contributed by atoms with Crippen LogP contribution in [0.4, 0.5) is 0 Å². The van der Waals surface area contributed by atoms with Crippen molar-refractivity contribution in [2.75, 3.05) is 0 Å². The number of carbonyl (C=O) groups excluding carboxylic acids is 1. The number of amides is 1. The average Bonchev–Trinajstić information content (AvgIpc) is 3.66. The van der Waals surface area contributed by atoms with Gasteiger partial charge in [0.05, 0.1) is 40.1 Å². The number of rotatable bonds is 7. The lowest BCUT2D eigenvalue weighted by molar-refractivity contribution is -0.117. The van der Waals surface area contributed by atoms with E-state index in [-0.39, 0.29) is 29.2 Å². The fraction of sp³-hybridized carbons (Fsp3) is 0.167. The quantitative estimate of drug-likeness (QED) is 0.287. The number of aromatic hydroxyl groups is 1. The monoisotopic (exact) mass is 535 g/mol. The van der Waals surface area contributed by atoms with Crippen LogP contribution in [0.5, 0.6) is 5.75 Å². The summed E-state index contributed by atoms with van der Waals surface area (Å²) in [5.41, 5.74) is 4.95. The van der Waals surface area contributed by atoms with Gasteiger partial charge >= 0.3 is 5.97 Å². The number of aromatic carboxylic acids is 1. The summed E-state index contributed by atoms with van der Waals surface area (Å²) in [6.07, 6.45) is 4.28. The van der Waals surface area contributed by atoms with Crippen LogP contribution in [-0.2, 0) is 17.8 Å². The molecular formula is C30H25N5O5. The van der Waals surface area contributed by atoms with Gasteiger partial charge in [0.2, 0.25) is 5.91 Å². The summed E-state index contributed by atoms with van der Waals surface area (Å²) >= 11 is 0. The molecule has 0 aliphatic carbocycles. The maximum Gasteiger partial charge on any atom is 0.335 e. The maximum atomic E-state index is 11.7. The molecule has 6 rings (SSSR count). The molecule has 10 nitrogen and oxygen atoms in total. The molecule has 0 saturated carbocycles. The maximum absolute atomic E-state index is 11.7. The molecule has 200 valence electrons. The van der Waals surface area contributed by atoms with Gasteiger partial charge in [0.15, 0.2) is 5.76 Å². The van der Waals surface area contributed by atoms with Gasteiger partial charge in [0.1, 0.15) is 23.0 Å². The van der Waals surface area contributed by atoms with E-state index in [2.05, 4.69) is 4.99 Å². The molecule has 0 spiro atoms. The van der Waals surface area contributed by atoms with Gasteiger partial charge < -0.3 is 19.2 Å². The van der Waals surface area contributed by atoms with Crippen LogP contribution in [0.1, 0.15) is 35.2 Å². The van der Waals surface area contributed by atoms with Crippen LogP contribution < -0.4 is 0 Å². The number of aryl methyl sites for hydroxylation is 2. The van der Waals surface area contributed by atoms with E-state index in [1.807, 2.05) is 59.5 Å². The Kier molecular flexibility index (Phi) is 6.14. The van der Waals surface area contributed by atoms with Gasteiger partial charge in [-0.2, -0.15) is 5.10 Å². The second-order valence-corrected chi connectivity index (χ2v) is 9.56. The Balaban J connectivity index is 1.53. The Morgan fingerprint density at radius 2 is 1.95 bits per heavy atom. The Morgan fingerprint density at radius 1 is 1.10 bits per heavy atom. The van der Waals surface area contributed by atoms with Gasteiger partial charge in [-0.1, -0.05) is 13.0 Å². The third kappa shape index (κ3) is 4.49. The number of fused-ring (bicyclic) bond motifs is 1. The summed E-state index contributed by atoms with van der Waals surface area (Å²) in [4.78, 5) is 32.1. The number of dihydropyridines is 1. The van der Waals surface area contributed by atoms with Crippen LogP contribution in [0.3, 0.4) is 0 Å². The van der Waals surface area contributed by atoms with Crippen molar-refractivity contribution in [2.24, 2.45) is 4.99 Å². The van der Waals surface area contributed by atoms with E-state index in [0.29, 0.717) is 23.6 Å². The molecule has 1 aliphatic rings. The number of hydrogen-bond acceptors (Lipinski definition) is 6. The number of phenols is 1. The predicted molar refractivity (Wildman–Crippen MR) is 149 cm³/mol. The fourth-order valence-electron chi connectivity index (χ4n) is 4.78. The molecule has 0 bridgehead atoms. The standard InChI is InChI=1S/C30H25N5O5/c1-3-20-13-25(27-10-4-17(2)40-27)35(33-20)21-7-8-24-23(14-21)32-29(22-12-19(30(38)39)6-9-26(22)36)34(24)16-18-5-11-28(37)31-15-18/h4-10,12-15,36H,3,11,16H2,1-2H3,(H,38,39). The van der Waals surface area contributed by atoms with E-state index in [1.165, 1.54) is 24.4 Å². The molecule has 0 atom stereocenters. The third-order valence-corrected chi connectivity index (χ3v) is 6.83. The highest BCUT2D eigenvalue weighted by Gasteiger charge is 2.21. The average molecular weight is 536 g/mol. The minimum atomic E-state index is -1.11. The SMILES string of the molecule is CCc1cc(-c2ccc(C)o2)n(-c2ccc3c(c2)nc(-c2cc(C(=O)O)ccc2O)n3CC2=CCC(=O)N=C2)n1. The number of benzene rings is 2. The van der Waals surface area contributed by atoms with Gasteiger partial charge in [-0.15, -0.1) is 0 Å². The molecular weight excluding hydrogens is 510 g/mol. The molecule has 0 unspecified atom stereocenters. The lowest BCUT2D eigenvalue weighted by Crippen LogP contribution is -2.09. The van der Waals surface area contributed by atoms with E-state index in [9.17, 15) is 19.8 Å². The fourth-order valence-corrected chi connectivity index (χ4v) is 4.78. The molecule has 0 fully saturated rings. The van der Waals surface area contributed by atoms with Crippen molar-refractivity contribution in [1.82, 2.24) is 19.3 Å². The van der Waals surface area contributed by atoms with Crippen molar-refractivity contribution in [2.45, 2.75) is 33.2 Å². The normalized spacial score (nSPS) is 13.2. The molecule has 2 aromatic carbocycles. The van der Waals surface area contributed by atoms with Gasteiger partial charge in [0, 0.05) is 12.6 Å². The Bertz CT molecular complexity index is 1870. The van der Waals surface area contributed by atoms with Crippen molar-refractivity contribution in [3.05, 3.63) is 83.3 Å². The first-order valence-corrected chi connectivity index (χ1v) is 12.8. The first-order valence-electron chi connectivity index (χ1n) is 12.8. The molecule has 1 amide bonds. The van der Waals surface area contributed by atoms with Crippen LogP contribution in [0, 0.1) is 6.92 Å². The molecule has 0 radical (unpaired) electrons. The summed E-state index contributed by atoms with van der Waals surface area (Å²) in [5, 5.41) is 25.1. The van der Waals surface area contributed by atoms with E-state index in [4.69, 9.17) is 14.5 Å². The van der Waals surface area contributed by atoms with Gasteiger partial charge in [0.25, 0.3) is 0 Å². The topological polar surface area (TPSA) is 136 Å². The number of carboxylic acids is 1. The highest BCUT2D eigenvalue weighted by atomic mass is 16.4. The molecule has 4 heterocycles. The first-order chi connectivity index (χ1) is 19.3. The predicted octanol–water partition coefficient (Wildman–Crippen LogP) is 5.35. The van der Waals surface area contributed by atoms with Crippen LogP contribution in [-0.4, -0.2) is 47.6 Å². The summed E-state index contributed by atoms with van der Waals surface area (Å²) < 4.78 is 9.59. The van der Waals surface area contributed by atoms with E-state index in [0.717, 1.165) is 40.3 Å². The van der Waals surface area contributed by atoms with Crippen molar-refractivity contribution in [3.8, 4) is 34.3 Å². The number of hydrogen-bond donors (Lipinski definition) is 2. The Labute approximate surface area is 228 Å². The zero-order valence-corrected chi connectivity index (χ0v) is 21.8. The summed E-state index contributed by atoms with van der Waals surface area (Å²) in [6, 6.07) is 15.6. The number of furan rings is 1. The molecule has 40 heavy (non-hydrogen) atoms. The first kappa shape index (κ1) is 25.1. The third-order valence-electron chi connectivity index (χ3n) is 6.83. The van der Waals surface area contributed by atoms with E-state index >= 15 is 0 Å². The lowest BCUT2D eigenvalue weighted by Gasteiger charge is -2.13.